The highest BCUT2D eigenvalue weighted by Crippen LogP contribution is 2.44. The van der Waals surface area contributed by atoms with Crippen LogP contribution in [0.3, 0.4) is 0 Å². The fraction of sp³-hybridized carbons (Fsp3) is 1.00. The molecule has 0 aromatic heterocycles. The second-order valence-corrected chi connectivity index (χ2v) is 11.4. The zero-order chi connectivity index (χ0) is 22.6. The first-order valence-corrected chi connectivity index (χ1v) is 13.9. The number of rotatable bonds is 14. The van der Waals surface area contributed by atoms with Gasteiger partial charge in [0.15, 0.2) is 0 Å². The van der Waals surface area contributed by atoms with Gasteiger partial charge >= 0.3 is 0 Å². The van der Waals surface area contributed by atoms with E-state index in [9.17, 15) is 0 Å². The van der Waals surface area contributed by atoms with Gasteiger partial charge in [0.1, 0.15) is 0 Å². The van der Waals surface area contributed by atoms with E-state index < -0.39 is 0 Å². The highest BCUT2D eigenvalue weighted by molar-refractivity contribution is 4.93. The molecular weight excluding hydrogens is 380 g/mol. The molecule has 184 valence electrons. The molecule has 2 rings (SSSR count). The van der Waals surface area contributed by atoms with Crippen molar-refractivity contribution in [3.8, 4) is 0 Å². The molecule has 7 unspecified atom stereocenters. The molecule has 0 aromatic carbocycles. The summed E-state index contributed by atoms with van der Waals surface area (Å²) in [5, 5.41) is 0. The standard InChI is InChI=1S/C27H56N4/c1-20-18-22(13-15-24(20)29)27(23-14-16-25(30)21(2)19-23)26(31)12-10-8-6-4-3-5-7-9-11-17-28/h20-27H,3-19,28-31H2,1-2H3. The Kier molecular flexibility index (Phi) is 13.0. The highest BCUT2D eigenvalue weighted by atomic mass is 14.7. The third-order valence-corrected chi connectivity index (χ3v) is 8.88. The quantitative estimate of drug-likeness (QED) is 0.277. The molecular formula is C27H56N4. The Morgan fingerprint density at radius 3 is 1.48 bits per heavy atom. The maximum atomic E-state index is 6.98. The van der Waals surface area contributed by atoms with Gasteiger partial charge in [-0.05, 0) is 87.5 Å². The van der Waals surface area contributed by atoms with Gasteiger partial charge in [0, 0.05) is 18.1 Å². The molecule has 2 aliphatic rings. The van der Waals surface area contributed by atoms with E-state index in [0.717, 1.165) is 18.4 Å². The Morgan fingerprint density at radius 2 is 1.06 bits per heavy atom. The van der Waals surface area contributed by atoms with Crippen LogP contribution in [0.1, 0.15) is 117 Å². The largest absolute Gasteiger partial charge is 0.330 e. The van der Waals surface area contributed by atoms with E-state index >= 15 is 0 Å². The maximum absolute atomic E-state index is 6.98. The molecule has 4 heteroatoms. The van der Waals surface area contributed by atoms with E-state index in [0.29, 0.717) is 35.9 Å². The Morgan fingerprint density at radius 1 is 0.645 bits per heavy atom. The lowest BCUT2D eigenvalue weighted by Crippen LogP contribution is -2.47. The first-order valence-electron chi connectivity index (χ1n) is 13.9. The minimum Gasteiger partial charge on any atom is -0.330 e. The van der Waals surface area contributed by atoms with Crippen LogP contribution in [-0.4, -0.2) is 24.7 Å². The second kappa shape index (κ2) is 14.9. The molecule has 2 saturated carbocycles. The highest BCUT2D eigenvalue weighted by Gasteiger charge is 2.40. The SMILES string of the molecule is CC1CC(C(C(N)CCCCCCCCCCCN)C2CCC(N)C(C)C2)CCC1N. The van der Waals surface area contributed by atoms with E-state index in [1.165, 1.54) is 103 Å². The van der Waals surface area contributed by atoms with Gasteiger partial charge in [0.05, 0.1) is 0 Å². The van der Waals surface area contributed by atoms with Crippen LogP contribution in [0.5, 0.6) is 0 Å². The van der Waals surface area contributed by atoms with Gasteiger partial charge in [0.2, 0.25) is 0 Å². The number of unbranched alkanes of at least 4 members (excludes halogenated alkanes) is 8. The van der Waals surface area contributed by atoms with Gasteiger partial charge < -0.3 is 22.9 Å². The Bertz CT molecular complexity index is 431. The van der Waals surface area contributed by atoms with Crippen LogP contribution >= 0.6 is 0 Å². The van der Waals surface area contributed by atoms with Crippen molar-refractivity contribution in [2.75, 3.05) is 6.54 Å². The zero-order valence-corrected chi connectivity index (χ0v) is 20.9. The van der Waals surface area contributed by atoms with Crippen LogP contribution in [-0.2, 0) is 0 Å². The molecule has 0 amide bonds. The molecule has 2 fully saturated rings. The average molecular weight is 437 g/mol. The molecule has 0 aromatic rings. The molecule has 0 spiro atoms. The summed E-state index contributed by atoms with van der Waals surface area (Å²) in [6, 6.07) is 1.14. The van der Waals surface area contributed by atoms with E-state index in [4.69, 9.17) is 22.9 Å². The summed E-state index contributed by atoms with van der Waals surface area (Å²) in [7, 11) is 0. The van der Waals surface area contributed by atoms with Gasteiger partial charge in [0.25, 0.3) is 0 Å². The molecule has 4 nitrogen and oxygen atoms in total. The first-order chi connectivity index (χ1) is 14.9. The van der Waals surface area contributed by atoms with Crippen LogP contribution in [0.4, 0.5) is 0 Å². The van der Waals surface area contributed by atoms with E-state index in [1.807, 2.05) is 0 Å². The minimum atomic E-state index is 0.356. The Balaban J connectivity index is 1.77. The van der Waals surface area contributed by atoms with Gasteiger partial charge in [-0.2, -0.15) is 0 Å². The van der Waals surface area contributed by atoms with Gasteiger partial charge in [-0.25, -0.2) is 0 Å². The van der Waals surface area contributed by atoms with Crippen molar-refractivity contribution >= 4 is 0 Å². The van der Waals surface area contributed by atoms with Crippen molar-refractivity contribution in [2.45, 2.75) is 135 Å². The number of hydrogen-bond acceptors (Lipinski definition) is 4. The lowest BCUT2D eigenvalue weighted by Gasteiger charge is -2.45. The molecule has 2 aliphatic carbocycles. The second-order valence-electron chi connectivity index (χ2n) is 11.4. The third-order valence-electron chi connectivity index (χ3n) is 8.88. The van der Waals surface area contributed by atoms with E-state index in [-0.39, 0.29) is 0 Å². The van der Waals surface area contributed by atoms with Crippen molar-refractivity contribution in [1.29, 1.82) is 0 Å². The van der Waals surface area contributed by atoms with Crippen LogP contribution in [0.15, 0.2) is 0 Å². The minimum absolute atomic E-state index is 0.356. The van der Waals surface area contributed by atoms with Crippen LogP contribution < -0.4 is 22.9 Å². The van der Waals surface area contributed by atoms with Crippen LogP contribution in [0, 0.1) is 29.6 Å². The fourth-order valence-electron chi connectivity index (χ4n) is 6.66. The summed E-state index contributed by atoms with van der Waals surface area (Å²) in [4.78, 5) is 0. The summed E-state index contributed by atoms with van der Waals surface area (Å²) in [6.45, 7) is 5.56. The number of nitrogens with two attached hydrogens (primary N) is 4. The molecule has 7 atom stereocenters. The maximum Gasteiger partial charge on any atom is 0.00724 e. The van der Waals surface area contributed by atoms with Crippen molar-refractivity contribution in [3.05, 3.63) is 0 Å². The zero-order valence-electron chi connectivity index (χ0n) is 20.9. The topological polar surface area (TPSA) is 104 Å². The molecule has 0 heterocycles. The molecule has 0 bridgehead atoms. The van der Waals surface area contributed by atoms with Crippen molar-refractivity contribution in [2.24, 2.45) is 52.5 Å². The van der Waals surface area contributed by atoms with Crippen molar-refractivity contribution < 1.29 is 0 Å². The van der Waals surface area contributed by atoms with Gasteiger partial charge in [-0.15, -0.1) is 0 Å². The van der Waals surface area contributed by atoms with E-state index in [2.05, 4.69) is 13.8 Å². The smallest absolute Gasteiger partial charge is 0.00724 e. The predicted octanol–water partition coefficient (Wildman–Crippen LogP) is 5.32. The lowest BCUT2D eigenvalue weighted by atomic mass is 9.62. The fourth-order valence-corrected chi connectivity index (χ4v) is 6.66. The molecule has 31 heavy (non-hydrogen) atoms. The number of hydrogen-bond donors (Lipinski definition) is 4. The summed E-state index contributed by atoms with van der Waals surface area (Å²) in [5.74, 6) is 3.49. The molecule has 8 N–H and O–H groups in total. The summed E-state index contributed by atoms with van der Waals surface area (Å²) >= 11 is 0. The van der Waals surface area contributed by atoms with Gasteiger partial charge in [-0.1, -0.05) is 65.2 Å². The predicted molar refractivity (Wildman–Crippen MR) is 136 cm³/mol. The van der Waals surface area contributed by atoms with E-state index in [1.54, 1.807) is 0 Å². The first kappa shape index (κ1) is 27.1. The van der Waals surface area contributed by atoms with Gasteiger partial charge in [-0.3, -0.25) is 0 Å². The van der Waals surface area contributed by atoms with Crippen molar-refractivity contribution in [3.63, 3.8) is 0 Å². The third kappa shape index (κ3) is 9.31. The molecule has 0 aliphatic heterocycles. The normalized spacial score (nSPS) is 33.9. The monoisotopic (exact) mass is 436 g/mol. The average Bonchev–Trinajstić information content (AvgIpc) is 2.74. The van der Waals surface area contributed by atoms with Crippen LogP contribution in [0.25, 0.3) is 0 Å². The summed E-state index contributed by atoms with van der Waals surface area (Å²) in [5.41, 5.74) is 25.3. The molecule has 0 radical (unpaired) electrons. The van der Waals surface area contributed by atoms with Crippen LogP contribution in [0.2, 0.25) is 0 Å². The summed E-state index contributed by atoms with van der Waals surface area (Å²) in [6.07, 6.45) is 20.7. The Hall–Kier alpha value is -0.160. The Labute approximate surface area is 194 Å². The lowest BCUT2D eigenvalue weighted by molar-refractivity contribution is 0.0738. The van der Waals surface area contributed by atoms with Crippen molar-refractivity contribution in [1.82, 2.24) is 0 Å². The summed E-state index contributed by atoms with van der Waals surface area (Å²) < 4.78 is 0. The molecule has 0 saturated heterocycles.